The van der Waals surface area contributed by atoms with Gasteiger partial charge in [-0.3, -0.25) is 4.79 Å². The minimum atomic E-state index is -0.227. The van der Waals surface area contributed by atoms with E-state index in [0.717, 1.165) is 26.4 Å². The van der Waals surface area contributed by atoms with E-state index in [9.17, 15) is 4.79 Å². The summed E-state index contributed by atoms with van der Waals surface area (Å²) in [5, 5.41) is 11.6. The van der Waals surface area contributed by atoms with Crippen LogP contribution in [0.3, 0.4) is 0 Å². The van der Waals surface area contributed by atoms with Gasteiger partial charge >= 0.3 is 0 Å². The molecule has 0 aliphatic heterocycles. The lowest BCUT2D eigenvalue weighted by Gasteiger charge is -2.11. The number of aromatic nitrogens is 2. The van der Waals surface area contributed by atoms with E-state index in [1.807, 2.05) is 31.2 Å². The van der Waals surface area contributed by atoms with E-state index in [0.29, 0.717) is 11.6 Å². The molecule has 23 heavy (non-hydrogen) atoms. The molecule has 0 radical (unpaired) electrons. The lowest BCUT2D eigenvalue weighted by atomic mass is 10.2. The number of carbonyl (C=O) groups is 1. The summed E-state index contributed by atoms with van der Waals surface area (Å²) < 4.78 is 1.78. The Morgan fingerprint density at radius 2 is 2.09 bits per heavy atom. The fourth-order valence-corrected chi connectivity index (χ4v) is 4.98. The van der Waals surface area contributed by atoms with E-state index >= 15 is 0 Å². The average Bonchev–Trinajstić information content (AvgIpc) is 2.99. The van der Waals surface area contributed by atoms with Crippen molar-refractivity contribution in [2.75, 3.05) is 5.75 Å². The molecule has 2 aromatic rings. The van der Waals surface area contributed by atoms with Crippen LogP contribution in [0.1, 0.15) is 25.8 Å². The number of rotatable bonds is 8. The first-order valence-electron chi connectivity index (χ1n) is 7.24. The van der Waals surface area contributed by atoms with E-state index < -0.39 is 0 Å². The number of amides is 1. The van der Waals surface area contributed by atoms with Gasteiger partial charge in [-0.05, 0) is 25.0 Å². The first-order chi connectivity index (χ1) is 11.1. The van der Waals surface area contributed by atoms with Crippen molar-refractivity contribution in [3.63, 3.8) is 0 Å². The Hall–Kier alpha value is -0.760. The lowest BCUT2D eigenvalue weighted by Crippen LogP contribution is -2.30. The van der Waals surface area contributed by atoms with Crippen LogP contribution in [0.15, 0.2) is 32.9 Å². The van der Waals surface area contributed by atoms with Gasteiger partial charge in [0, 0.05) is 17.3 Å². The van der Waals surface area contributed by atoms with Gasteiger partial charge in [0.15, 0.2) is 8.68 Å². The second kappa shape index (κ2) is 9.52. The fraction of sp³-hybridized carbons (Fsp3) is 0.400. The van der Waals surface area contributed by atoms with Gasteiger partial charge in [0.05, 0.1) is 5.25 Å². The number of benzene rings is 1. The number of hydrogen-bond acceptors (Lipinski definition) is 6. The van der Waals surface area contributed by atoms with Crippen LogP contribution in [0, 0.1) is 0 Å². The van der Waals surface area contributed by atoms with Gasteiger partial charge in [-0.2, -0.15) is 0 Å². The highest BCUT2D eigenvalue weighted by atomic mass is 35.5. The summed E-state index contributed by atoms with van der Waals surface area (Å²) in [7, 11) is 0. The SMILES string of the molecule is CCCSc1nnc(S[C@@H](C)C(=O)NCc2ccccc2Cl)s1. The Morgan fingerprint density at radius 1 is 1.35 bits per heavy atom. The van der Waals surface area contributed by atoms with Crippen molar-refractivity contribution in [3.8, 4) is 0 Å². The molecule has 4 nitrogen and oxygen atoms in total. The zero-order valence-electron chi connectivity index (χ0n) is 12.9. The number of thioether (sulfide) groups is 2. The Morgan fingerprint density at radius 3 is 2.83 bits per heavy atom. The summed E-state index contributed by atoms with van der Waals surface area (Å²) in [6.45, 7) is 4.43. The molecule has 0 saturated heterocycles. The van der Waals surface area contributed by atoms with E-state index in [2.05, 4.69) is 22.4 Å². The van der Waals surface area contributed by atoms with E-state index in [1.165, 1.54) is 23.1 Å². The molecule has 0 bridgehead atoms. The molecule has 0 aliphatic rings. The minimum Gasteiger partial charge on any atom is -0.351 e. The van der Waals surface area contributed by atoms with Gasteiger partial charge in [0.1, 0.15) is 0 Å². The standard InChI is InChI=1S/C15H18ClN3OS3/c1-3-8-21-14-18-19-15(23-14)22-10(2)13(20)17-9-11-6-4-5-7-12(11)16/h4-7,10H,3,8-9H2,1-2H3,(H,17,20)/t10-/m0/s1. The van der Waals surface area contributed by atoms with Crippen LogP contribution in [0.2, 0.25) is 5.02 Å². The molecule has 2 rings (SSSR count). The van der Waals surface area contributed by atoms with E-state index in [4.69, 9.17) is 11.6 Å². The highest BCUT2D eigenvalue weighted by Gasteiger charge is 2.17. The Bertz CT molecular complexity index is 650. The molecule has 0 spiro atoms. The summed E-state index contributed by atoms with van der Waals surface area (Å²) in [5.74, 6) is 1.00. The summed E-state index contributed by atoms with van der Waals surface area (Å²) >= 11 is 10.8. The third kappa shape index (κ3) is 5.99. The molecule has 1 amide bonds. The van der Waals surface area contributed by atoms with E-state index in [1.54, 1.807) is 11.8 Å². The van der Waals surface area contributed by atoms with E-state index in [-0.39, 0.29) is 11.2 Å². The minimum absolute atomic E-state index is 0.0344. The maximum absolute atomic E-state index is 12.2. The molecule has 1 aromatic carbocycles. The van der Waals surface area contributed by atoms with Gasteiger partial charge in [-0.25, -0.2) is 0 Å². The Balaban J connectivity index is 1.83. The maximum atomic E-state index is 12.2. The molecule has 8 heteroatoms. The van der Waals surface area contributed by atoms with Crippen molar-refractivity contribution in [2.24, 2.45) is 0 Å². The molecular formula is C15H18ClN3OS3. The zero-order chi connectivity index (χ0) is 16.7. The molecule has 1 aromatic heterocycles. The zero-order valence-corrected chi connectivity index (χ0v) is 16.1. The first kappa shape index (κ1) is 18.6. The predicted molar refractivity (Wildman–Crippen MR) is 99.5 cm³/mol. The van der Waals surface area contributed by atoms with Gasteiger partial charge in [0.2, 0.25) is 5.91 Å². The highest BCUT2D eigenvalue weighted by Crippen LogP contribution is 2.31. The van der Waals surface area contributed by atoms with Gasteiger partial charge in [0.25, 0.3) is 0 Å². The molecule has 0 unspecified atom stereocenters. The van der Waals surface area contributed by atoms with Crippen LogP contribution in [-0.4, -0.2) is 27.1 Å². The third-order valence-corrected chi connectivity index (χ3v) is 6.69. The number of hydrogen-bond donors (Lipinski definition) is 1. The fourth-order valence-electron chi connectivity index (χ4n) is 1.67. The van der Waals surface area contributed by atoms with Gasteiger partial charge in [-0.1, -0.05) is 71.6 Å². The normalized spacial score (nSPS) is 12.1. The highest BCUT2D eigenvalue weighted by molar-refractivity contribution is 8.03. The predicted octanol–water partition coefficient (Wildman–Crippen LogP) is 4.49. The van der Waals surface area contributed by atoms with Gasteiger partial charge in [-0.15, -0.1) is 10.2 Å². The quantitative estimate of drug-likeness (QED) is 0.676. The largest absolute Gasteiger partial charge is 0.351 e. The molecular weight excluding hydrogens is 370 g/mol. The molecule has 0 aliphatic carbocycles. The van der Waals surface area contributed by atoms with Crippen LogP contribution in [-0.2, 0) is 11.3 Å². The topological polar surface area (TPSA) is 54.9 Å². The van der Waals surface area contributed by atoms with Crippen molar-refractivity contribution in [3.05, 3.63) is 34.9 Å². The molecule has 1 heterocycles. The summed E-state index contributed by atoms with van der Waals surface area (Å²) in [6, 6.07) is 7.50. The van der Waals surface area contributed by atoms with Gasteiger partial charge < -0.3 is 5.32 Å². The van der Waals surface area contributed by atoms with Crippen LogP contribution < -0.4 is 5.32 Å². The smallest absolute Gasteiger partial charge is 0.233 e. The molecule has 1 atom stereocenters. The molecule has 1 N–H and O–H groups in total. The number of nitrogens with one attached hydrogen (secondary N) is 1. The first-order valence-corrected chi connectivity index (χ1v) is 10.3. The summed E-state index contributed by atoms with van der Waals surface area (Å²) in [5.41, 5.74) is 0.911. The van der Waals surface area contributed by atoms with Crippen LogP contribution in [0.5, 0.6) is 0 Å². The Kier molecular flexibility index (Phi) is 7.69. The Labute approximate surface area is 153 Å². The summed E-state index contributed by atoms with van der Waals surface area (Å²) in [4.78, 5) is 12.2. The van der Waals surface area contributed by atoms with Crippen molar-refractivity contribution in [1.82, 2.24) is 15.5 Å². The van der Waals surface area contributed by atoms with Crippen molar-refractivity contribution in [1.29, 1.82) is 0 Å². The van der Waals surface area contributed by atoms with Crippen molar-refractivity contribution in [2.45, 2.75) is 40.7 Å². The number of halogens is 1. The second-order valence-corrected chi connectivity index (χ2v) is 9.07. The average molecular weight is 388 g/mol. The summed E-state index contributed by atoms with van der Waals surface area (Å²) in [6.07, 6.45) is 1.10. The number of nitrogens with zero attached hydrogens (tertiary/aromatic N) is 2. The van der Waals surface area contributed by atoms with Crippen molar-refractivity contribution < 1.29 is 4.79 Å². The van der Waals surface area contributed by atoms with Crippen LogP contribution in [0.4, 0.5) is 0 Å². The lowest BCUT2D eigenvalue weighted by molar-refractivity contribution is -0.120. The molecule has 0 saturated carbocycles. The number of carbonyl (C=O) groups excluding carboxylic acids is 1. The monoisotopic (exact) mass is 387 g/mol. The van der Waals surface area contributed by atoms with Crippen LogP contribution >= 0.6 is 46.5 Å². The maximum Gasteiger partial charge on any atom is 0.233 e. The third-order valence-electron chi connectivity index (χ3n) is 2.88. The molecule has 0 fully saturated rings. The van der Waals surface area contributed by atoms with Crippen molar-refractivity contribution >= 4 is 52.4 Å². The molecule has 124 valence electrons. The van der Waals surface area contributed by atoms with Crippen LogP contribution in [0.25, 0.3) is 0 Å². The second-order valence-electron chi connectivity index (χ2n) is 4.75.